The van der Waals surface area contributed by atoms with Crippen molar-refractivity contribution in [2.24, 2.45) is 17.6 Å². The van der Waals surface area contributed by atoms with Crippen molar-refractivity contribution in [2.45, 2.75) is 24.8 Å². The Hall–Kier alpha value is -0.610. The number of nitrogens with two attached hydrogens (primary N) is 1. The van der Waals surface area contributed by atoms with E-state index in [2.05, 4.69) is 5.32 Å². The number of carbonyl (C=O) groups is 1. The molecule has 1 heterocycles. The second-order valence-electron chi connectivity index (χ2n) is 4.26. The molecule has 4 nitrogen and oxygen atoms in total. The number of carboxylic acid groups (broad SMARTS) is 1. The lowest BCUT2D eigenvalue weighted by Gasteiger charge is -2.38. The third kappa shape index (κ3) is 1.25. The number of rotatable bonds is 1. The maximum atomic E-state index is 11.1. The van der Waals surface area contributed by atoms with Crippen molar-refractivity contribution in [3.8, 4) is 0 Å². The van der Waals surface area contributed by atoms with Gasteiger partial charge < -0.3 is 16.2 Å². The lowest BCUT2D eigenvalue weighted by atomic mass is 9.69. The molecule has 1 aliphatic heterocycles. The van der Waals surface area contributed by atoms with Gasteiger partial charge in [-0.25, -0.2) is 0 Å². The fourth-order valence-electron chi connectivity index (χ4n) is 2.75. The molecule has 0 unspecified atom stereocenters. The van der Waals surface area contributed by atoms with E-state index in [0.29, 0.717) is 12.3 Å². The van der Waals surface area contributed by atoms with E-state index in [4.69, 9.17) is 10.8 Å². The molecule has 1 saturated heterocycles. The molecular weight excluding hydrogens is 168 g/mol. The summed E-state index contributed by atoms with van der Waals surface area (Å²) in [5.41, 5.74) is 4.98. The van der Waals surface area contributed by atoms with Gasteiger partial charge in [0.1, 0.15) is 5.54 Å². The third-order valence-corrected chi connectivity index (χ3v) is 3.57. The Kier molecular flexibility index (Phi) is 2.04. The van der Waals surface area contributed by atoms with Crippen LogP contribution in [0.2, 0.25) is 0 Å². The molecule has 3 atom stereocenters. The first kappa shape index (κ1) is 8.97. The second kappa shape index (κ2) is 2.96. The lowest BCUT2D eigenvalue weighted by molar-refractivity contribution is -0.147. The Labute approximate surface area is 77.5 Å². The van der Waals surface area contributed by atoms with Crippen molar-refractivity contribution in [1.29, 1.82) is 0 Å². The van der Waals surface area contributed by atoms with Gasteiger partial charge in [0.15, 0.2) is 0 Å². The highest BCUT2D eigenvalue weighted by molar-refractivity contribution is 5.79. The highest BCUT2D eigenvalue weighted by Crippen LogP contribution is 2.38. The minimum absolute atomic E-state index is 0.138. The number of hydrogen-bond acceptors (Lipinski definition) is 3. The van der Waals surface area contributed by atoms with Gasteiger partial charge in [-0.15, -0.1) is 0 Å². The largest absolute Gasteiger partial charge is 0.480 e. The van der Waals surface area contributed by atoms with Gasteiger partial charge in [-0.3, -0.25) is 4.79 Å². The molecule has 0 aromatic heterocycles. The summed E-state index contributed by atoms with van der Waals surface area (Å²) in [5, 5.41) is 12.3. The molecule has 13 heavy (non-hydrogen) atoms. The topological polar surface area (TPSA) is 75.4 Å². The Morgan fingerprint density at radius 1 is 1.54 bits per heavy atom. The summed E-state index contributed by atoms with van der Waals surface area (Å²) in [6, 6.07) is 0. The smallest absolute Gasteiger partial charge is 0.324 e. The van der Waals surface area contributed by atoms with Gasteiger partial charge in [0.2, 0.25) is 0 Å². The molecule has 0 aromatic carbocycles. The van der Waals surface area contributed by atoms with E-state index in [1.165, 1.54) is 0 Å². The number of carboxylic acids is 1. The van der Waals surface area contributed by atoms with Gasteiger partial charge >= 0.3 is 5.97 Å². The zero-order chi connectivity index (χ0) is 9.47. The molecule has 2 aliphatic rings. The van der Waals surface area contributed by atoms with Crippen LogP contribution in [0.4, 0.5) is 0 Å². The zero-order valence-corrected chi connectivity index (χ0v) is 7.62. The fourth-order valence-corrected chi connectivity index (χ4v) is 2.75. The minimum atomic E-state index is -0.966. The predicted octanol–water partition coefficient (Wildman–Crippen LogP) is -0.212. The first-order valence-electron chi connectivity index (χ1n) is 4.87. The number of hydrogen-bond donors (Lipinski definition) is 3. The first-order chi connectivity index (χ1) is 6.14. The van der Waals surface area contributed by atoms with Crippen LogP contribution in [-0.2, 0) is 4.79 Å². The summed E-state index contributed by atoms with van der Waals surface area (Å²) in [4.78, 5) is 11.1. The van der Waals surface area contributed by atoms with Gasteiger partial charge in [-0.2, -0.15) is 0 Å². The molecule has 0 radical (unpaired) electrons. The van der Waals surface area contributed by atoms with E-state index in [-0.39, 0.29) is 5.92 Å². The van der Waals surface area contributed by atoms with Crippen LogP contribution in [0.15, 0.2) is 0 Å². The molecule has 0 spiro atoms. The van der Waals surface area contributed by atoms with Gasteiger partial charge in [0.05, 0.1) is 0 Å². The molecule has 1 aliphatic carbocycles. The monoisotopic (exact) mass is 184 g/mol. The Morgan fingerprint density at radius 2 is 2.31 bits per heavy atom. The van der Waals surface area contributed by atoms with Crippen molar-refractivity contribution in [2.75, 3.05) is 13.1 Å². The Morgan fingerprint density at radius 3 is 3.00 bits per heavy atom. The zero-order valence-electron chi connectivity index (χ0n) is 7.62. The van der Waals surface area contributed by atoms with Crippen LogP contribution in [0.5, 0.6) is 0 Å². The highest BCUT2D eigenvalue weighted by Gasteiger charge is 2.49. The molecule has 1 saturated carbocycles. The number of aliphatic carboxylic acids is 1. The number of fused-ring (bicyclic) bond motifs is 1. The van der Waals surface area contributed by atoms with E-state index in [9.17, 15) is 4.79 Å². The summed E-state index contributed by atoms with van der Waals surface area (Å²) >= 11 is 0. The molecule has 4 heteroatoms. The standard InChI is InChI=1S/C9H16N2O2/c10-9(8(12)13)3-1-2-6-4-11-5-7(6)9/h6-7,11H,1-5,10H2,(H,12,13)/t6-,7-,9+/m0/s1. The van der Waals surface area contributed by atoms with Gasteiger partial charge in [0.25, 0.3) is 0 Å². The summed E-state index contributed by atoms with van der Waals surface area (Å²) in [6.45, 7) is 1.71. The van der Waals surface area contributed by atoms with E-state index in [0.717, 1.165) is 25.9 Å². The van der Waals surface area contributed by atoms with Gasteiger partial charge in [-0.1, -0.05) is 6.42 Å². The fraction of sp³-hybridized carbons (Fsp3) is 0.889. The predicted molar refractivity (Wildman–Crippen MR) is 48.3 cm³/mol. The molecule has 0 amide bonds. The first-order valence-corrected chi connectivity index (χ1v) is 4.87. The van der Waals surface area contributed by atoms with Crippen molar-refractivity contribution < 1.29 is 9.90 Å². The normalized spacial score (nSPS) is 44.4. The van der Waals surface area contributed by atoms with Crippen LogP contribution in [0.3, 0.4) is 0 Å². The molecular formula is C9H16N2O2. The summed E-state index contributed by atoms with van der Waals surface area (Å²) < 4.78 is 0. The van der Waals surface area contributed by atoms with Crippen LogP contribution >= 0.6 is 0 Å². The van der Waals surface area contributed by atoms with Gasteiger partial charge in [-0.05, 0) is 25.3 Å². The third-order valence-electron chi connectivity index (χ3n) is 3.57. The van der Waals surface area contributed by atoms with E-state index >= 15 is 0 Å². The SMILES string of the molecule is N[C@]1(C(=O)O)CCC[C@H]2CNC[C@@H]21. The second-order valence-corrected chi connectivity index (χ2v) is 4.26. The average Bonchev–Trinajstić information content (AvgIpc) is 2.53. The summed E-state index contributed by atoms with van der Waals surface area (Å²) in [6.07, 6.45) is 2.71. The molecule has 0 aromatic rings. The van der Waals surface area contributed by atoms with Crippen LogP contribution in [0.1, 0.15) is 19.3 Å². The Bertz CT molecular complexity index is 232. The van der Waals surface area contributed by atoms with Crippen LogP contribution in [-0.4, -0.2) is 29.7 Å². The highest BCUT2D eigenvalue weighted by atomic mass is 16.4. The molecule has 2 fully saturated rings. The Balaban J connectivity index is 2.22. The maximum absolute atomic E-state index is 11.1. The molecule has 74 valence electrons. The van der Waals surface area contributed by atoms with Crippen molar-refractivity contribution in [3.63, 3.8) is 0 Å². The number of nitrogens with one attached hydrogen (secondary N) is 1. The van der Waals surface area contributed by atoms with Crippen molar-refractivity contribution >= 4 is 5.97 Å². The lowest BCUT2D eigenvalue weighted by Crippen LogP contribution is -2.58. The molecule has 0 bridgehead atoms. The quantitative estimate of drug-likeness (QED) is 0.527. The van der Waals surface area contributed by atoms with Crippen LogP contribution in [0.25, 0.3) is 0 Å². The maximum Gasteiger partial charge on any atom is 0.324 e. The van der Waals surface area contributed by atoms with Gasteiger partial charge in [0, 0.05) is 12.5 Å². The van der Waals surface area contributed by atoms with Crippen molar-refractivity contribution in [3.05, 3.63) is 0 Å². The van der Waals surface area contributed by atoms with E-state index < -0.39 is 11.5 Å². The van der Waals surface area contributed by atoms with Crippen LogP contribution in [0, 0.1) is 11.8 Å². The van der Waals surface area contributed by atoms with E-state index in [1.54, 1.807) is 0 Å². The minimum Gasteiger partial charge on any atom is -0.480 e. The molecule has 4 N–H and O–H groups in total. The summed E-state index contributed by atoms with van der Waals surface area (Å²) in [5.74, 6) is -0.209. The van der Waals surface area contributed by atoms with Crippen molar-refractivity contribution in [1.82, 2.24) is 5.32 Å². The molecule has 2 rings (SSSR count). The average molecular weight is 184 g/mol. The summed E-state index contributed by atoms with van der Waals surface area (Å²) in [7, 11) is 0. The van der Waals surface area contributed by atoms with E-state index in [1.807, 2.05) is 0 Å². The van der Waals surface area contributed by atoms with Crippen LogP contribution < -0.4 is 11.1 Å².